The van der Waals surface area contributed by atoms with Gasteiger partial charge >= 0.3 is 12.2 Å². The summed E-state index contributed by atoms with van der Waals surface area (Å²) >= 11 is 1.43. The number of anilines is 3. The molecule has 9 nitrogen and oxygen atoms in total. The number of morpholine rings is 1. The van der Waals surface area contributed by atoms with Crippen molar-refractivity contribution in [2.45, 2.75) is 6.18 Å². The monoisotopic (exact) mass is 539 g/mol. The van der Waals surface area contributed by atoms with E-state index in [9.17, 15) is 23.2 Å². The minimum Gasteiger partial charge on any atom is -0.378 e. The molecule has 0 unspecified atom stereocenters. The van der Waals surface area contributed by atoms with Crippen LogP contribution in [0.5, 0.6) is 0 Å². The van der Waals surface area contributed by atoms with Crippen LogP contribution in [0, 0.1) is 11.3 Å². The van der Waals surface area contributed by atoms with Crippen LogP contribution in [-0.2, 0) is 10.9 Å². The molecule has 5 rings (SSSR count). The maximum atomic E-state index is 12.9. The second-order valence-electron chi connectivity index (χ2n) is 8.26. The first-order valence-corrected chi connectivity index (χ1v) is 12.3. The Labute approximate surface area is 218 Å². The lowest BCUT2D eigenvalue weighted by atomic mass is 10.0. The van der Waals surface area contributed by atoms with Gasteiger partial charge in [0.25, 0.3) is 0 Å². The van der Waals surface area contributed by atoms with E-state index in [2.05, 4.69) is 36.8 Å². The maximum Gasteiger partial charge on any atom is 0.416 e. The van der Waals surface area contributed by atoms with Crippen LogP contribution in [0.15, 0.2) is 54.9 Å². The lowest BCUT2D eigenvalue weighted by molar-refractivity contribution is -0.137. The zero-order valence-corrected chi connectivity index (χ0v) is 20.5. The molecule has 0 saturated carbocycles. The molecule has 3 N–H and O–H groups in total. The zero-order valence-electron chi connectivity index (χ0n) is 19.7. The highest BCUT2D eigenvalue weighted by atomic mass is 32.1. The van der Waals surface area contributed by atoms with Gasteiger partial charge in [-0.25, -0.2) is 9.78 Å². The molecule has 4 aromatic rings. The average Bonchev–Trinajstić information content (AvgIpc) is 3.57. The van der Waals surface area contributed by atoms with Crippen molar-refractivity contribution < 1.29 is 22.7 Å². The molecule has 0 bridgehead atoms. The number of thiophene rings is 1. The predicted octanol–water partition coefficient (Wildman–Crippen LogP) is 5.57. The summed E-state index contributed by atoms with van der Waals surface area (Å²) in [6.07, 6.45) is -3.05. The van der Waals surface area contributed by atoms with Crippen molar-refractivity contribution in [2.75, 3.05) is 41.8 Å². The largest absolute Gasteiger partial charge is 0.416 e. The first-order valence-electron chi connectivity index (χ1n) is 11.4. The van der Waals surface area contributed by atoms with Gasteiger partial charge in [0.2, 0.25) is 0 Å². The highest BCUT2D eigenvalue weighted by molar-refractivity contribution is 7.20. The summed E-state index contributed by atoms with van der Waals surface area (Å²) in [4.78, 5) is 19.5. The van der Waals surface area contributed by atoms with Gasteiger partial charge in [0.15, 0.2) is 5.82 Å². The Bertz CT molecular complexity index is 1470. The lowest BCUT2D eigenvalue weighted by Gasteiger charge is -2.27. The fraction of sp³-hybridized carbons (Fsp3) is 0.200. The standard InChI is InChI=1S/C25H20F3N7O2S/c26-25(27,28)16-2-1-3-18(12-16)33-24(36)32-17-6-4-15(5-7-17)20-19(13-29)23(35-8-10-37-11-9-35)38-21(20)22-30-14-31-34-22/h1-7,12,14H,8-11H2,(H,30,31,34)(H2,32,33,36). The van der Waals surface area contributed by atoms with E-state index in [0.29, 0.717) is 48.9 Å². The van der Waals surface area contributed by atoms with Gasteiger partial charge in [0, 0.05) is 30.0 Å². The molecule has 1 aliphatic heterocycles. The summed E-state index contributed by atoms with van der Waals surface area (Å²) in [5, 5.41) is 22.8. The number of aromatic nitrogens is 3. The molecule has 38 heavy (non-hydrogen) atoms. The molecule has 1 saturated heterocycles. The van der Waals surface area contributed by atoms with E-state index >= 15 is 0 Å². The predicted molar refractivity (Wildman–Crippen MR) is 137 cm³/mol. The van der Waals surface area contributed by atoms with Crippen LogP contribution >= 0.6 is 11.3 Å². The van der Waals surface area contributed by atoms with Gasteiger partial charge in [-0.3, -0.25) is 5.10 Å². The second-order valence-corrected chi connectivity index (χ2v) is 9.25. The molecule has 194 valence electrons. The highest BCUT2D eigenvalue weighted by Gasteiger charge is 2.30. The number of H-pyrrole nitrogens is 1. The van der Waals surface area contributed by atoms with Crippen LogP contribution in [0.4, 0.5) is 34.3 Å². The molecule has 0 atom stereocenters. The summed E-state index contributed by atoms with van der Waals surface area (Å²) < 4.78 is 44.3. The van der Waals surface area contributed by atoms with E-state index in [0.717, 1.165) is 27.6 Å². The third-order valence-corrected chi connectivity index (χ3v) is 7.04. The SMILES string of the molecule is N#Cc1c(N2CCOCC2)sc(-c2nc[nH]n2)c1-c1ccc(NC(=O)Nc2cccc(C(F)(F)F)c2)cc1. The number of benzene rings is 2. The van der Waals surface area contributed by atoms with Crippen LogP contribution in [0.2, 0.25) is 0 Å². The van der Waals surface area contributed by atoms with Gasteiger partial charge in [-0.05, 0) is 35.9 Å². The van der Waals surface area contributed by atoms with Gasteiger partial charge in [-0.1, -0.05) is 18.2 Å². The lowest BCUT2D eigenvalue weighted by Crippen LogP contribution is -2.36. The number of carbonyl (C=O) groups is 1. The number of hydrogen-bond donors (Lipinski definition) is 3. The number of rotatable bonds is 5. The number of urea groups is 1. The normalized spacial score (nSPS) is 13.7. The van der Waals surface area contributed by atoms with Gasteiger partial charge in [-0.15, -0.1) is 11.3 Å². The summed E-state index contributed by atoms with van der Waals surface area (Å²) in [5.41, 5.74) is 1.47. The van der Waals surface area contributed by atoms with Crippen LogP contribution in [0.3, 0.4) is 0 Å². The average molecular weight is 540 g/mol. The Balaban J connectivity index is 1.39. The van der Waals surface area contributed by atoms with Crippen molar-refractivity contribution in [2.24, 2.45) is 0 Å². The Hall–Kier alpha value is -4.41. The Morgan fingerprint density at radius 1 is 1.11 bits per heavy atom. The number of alkyl halides is 3. The van der Waals surface area contributed by atoms with Crippen LogP contribution in [0.1, 0.15) is 11.1 Å². The van der Waals surface area contributed by atoms with Crippen molar-refractivity contribution in [3.8, 4) is 27.9 Å². The van der Waals surface area contributed by atoms with E-state index in [1.54, 1.807) is 24.3 Å². The number of carbonyl (C=O) groups excluding carboxylic acids is 1. The summed E-state index contributed by atoms with van der Waals surface area (Å²) in [6, 6.07) is 12.8. The van der Waals surface area contributed by atoms with Crippen molar-refractivity contribution in [3.63, 3.8) is 0 Å². The summed E-state index contributed by atoms with van der Waals surface area (Å²) in [6.45, 7) is 2.45. The van der Waals surface area contributed by atoms with Gasteiger partial charge in [0.05, 0.1) is 29.2 Å². The topological polar surface area (TPSA) is 119 Å². The fourth-order valence-corrected chi connectivity index (χ4v) is 5.32. The van der Waals surface area contributed by atoms with Crippen LogP contribution < -0.4 is 15.5 Å². The highest BCUT2D eigenvalue weighted by Crippen LogP contribution is 2.46. The zero-order chi connectivity index (χ0) is 26.7. The number of nitrogens with one attached hydrogen (secondary N) is 3. The van der Waals surface area contributed by atoms with Gasteiger partial charge in [-0.2, -0.15) is 23.5 Å². The summed E-state index contributed by atoms with van der Waals surface area (Å²) in [7, 11) is 0. The molecule has 1 fully saturated rings. The number of amides is 2. The summed E-state index contributed by atoms with van der Waals surface area (Å²) in [5.74, 6) is 0.462. The van der Waals surface area contributed by atoms with E-state index in [4.69, 9.17) is 4.74 Å². The number of halogens is 3. The number of aromatic amines is 1. The van der Waals surface area contributed by atoms with Gasteiger partial charge < -0.3 is 20.3 Å². The Morgan fingerprint density at radius 3 is 2.50 bits per heavy atom. The quantitative estimate of drug-likeness (QED) is 0.305. The minimum atomic E-state index is -4.51. The van der Waals surface area contributed by atoms with Crippen molar-refractivity contribution >= 4 is 33.7 Å². The number of nitriles is 1. The van der Waals surface area contributed by atoms with E-state index < -0.39 is 17.8 Å². The molecule has 2 aromatic heterocycles. The maximum absolute atomic E-state index is 12.9. The molecule has 2 aromatic carbocycles. The molecule has 0 radical (unpaired) electrons. The molecule has 0 spiro atoms. The van der Waals surface area contributed by atoms with Gasteiger partial charge in [0.1, 0.15) is 17.4 Å². The molecule has 13 heteroatoms. The van der Waals surface area contributed by atoms with Crippen LogP contribution in [-0.4, -0.2) is 47.5 Å². The molecular weight excluding hydrogens is 519 g/mol. The minimum absolute atomic E-state index is 0.0117. The number of hydrogen-bond acceptors (Lipinski definition) is 7. The first-order chi connectivity index (χ1) is 18.3. The Morgan fingerprint density at radius 2 is 1.84 bits per heavy atom. The first kappa shape index (κ1) is 25.2. The fourth-order valence-electron chi connectivity index (χ4n) is 4.05. The van der Waals surface area contributed by atoms with Crippen LogP contribution in [0.25, 0.3) is 21.8 Å². The van der Waals surface area contributed by atoms with E-state index in [1.807, 2.05) is 0 Å². The van der Waals surface area contributed by atoms with Crippen molar-refractivity contribution in [3.05, 3.63) is 66.0 Å². The molecule has 1 aliphatic rings. The number of nitrogens with zero attached hydrogens (tertiary/aromatic N) is 4. The number of ether oxygens (including phenoxy) is 1. The Kier molecular flexibility index (Phi) is 6.99. The molecule has 0 aliphatic carbocycles. The third-order valence-electron chi connectivity index (χ3n) is 5.80. The van der Waals surface area contributed by atoms with E-state index in [-0.39, 0.29) is 5.69 Å². The molecular formula is C25H20F3N7O2S. The van der Waals surface area contributed by atoms with E-state index in [1.165, 1.54) is 29.8 Å². The smallest absolute Gasteiger partial charge is 0.378 e. The second kappa shape index (κ2) is 10.5. The molecule has 2 amide bonds. The molecule has 3 heterocycles. The van der Waals surface area contributed by atoms with Crippen molar-refractivity contribution in [1.82, 2.24) is 15.2 Å². The third kappa shape index (κ3) is 5.31. The van der Waals surface area contributed by atoms with Crippen molar-refractivity contribution in [1.29, 1.82) is 5.26 Å².